The highest BCUT2D eigenvalue weighted by Crippen LogP contribution is 2.20. The maximum atomic E-state index is 12.4. The van der Waals surface area contributed by atoms with Crippen molar-refractivity contribution in [3.63, 3.8) is 0 Å². The van der Waals surface area contributed by atoms with Gasteiger partial charge in [-0.1, -0.05) is 6.08 Å². The van der Waals surface area contributed by atoms with Gasteiger partial charge in [-0.15, -0.1) is 0 Å². The molecule has 0 saturated carbocycles. The standard InChI is InChI=1S/C16H29N3O2/c1-5-19(14-9-7-6-8-10-14)16(21)12-18(4)11-15(20)17-13(2)3/h9,13H,5-8,10-12H2,1-4H3,(H,17,20)/p+1. The van der Waals surface area contributed by atoms with Gasteiger partial charge in [-0.2, -0.15) is 0 Å². The van der Waals surface area contributed by atoms with Crippen LogP contribution in [0.4, 0.5) is 0 Å². The molecule has 21 heavy (non-hydrogen) atoms. The number of nitrogens with zero attached hydrogens (tertiary/aromatic N) is 1. The normalized spacial score (nSPS) is 16.3. The third-order valence-electron chi connectivity index (χ3n) is 3.60. The van der Waals surface area contributed by atoms with E-state index in [0.29, 0.717) is 19.6 Å². The van der Waals surface area contributed by atoms with Crippen molar-refractivity contribution in [2.75, 3.05) is 26.7 Å². The number of quaternary nitrogens is 1. The quantitative estimate of drug-likeness (QED) is 0.711. The van der Waals surface area contributed by atoms with Crippen LogP contribution in [0.15, 0.2) is 11.8 Å². The molecular formula is C16H30N3O2+. The second kappa shape index (κ2) is 8.82. The molecule has 0 aromatic heterocycles. The Balaban J connectivity index is 2.49. The van der Waals surface area contributed by atoms with E-state index in [1.54, 1.807) is 0 Å². The molecule has 1 aliphatic rings. The summed E-state index contributed by atoms with van der Waals surface area (Å²) in [5, 5.41) is 2.86. The summed E-state index contributed by atoms with van der Waals surface area (Å²) >= 11 is 0. The summed E-state index contributed by atoms with van der Waals surface area (Å²) < 4.78 is 0. The molecule has 0 fully saturated rings. The van der Waals surface area contributed by atoms with Gasteiger partial charge in [0.2, 0.25) is 0 Å². The highest BCUT2D eigenvalue weighted by molar-refractivity contribution is 5.80. The van der Waals surface area contributed by atoms with Gasteiger partial charge in [0, 0.05) is 18.3 Å². The Kier molecular flexibility index (Phi) is 7.43. The van der Waals surface area contributed by atoms with Gasteiger partial charge >= 0.3 is 0 Å². The van der Waals surface area contributed by atoms with E-state index in [1.165, 1.54) is 6.42 Å². The van der Waals surface area contributed by atoms with E-state index >= 15 is 0 Å². The first kappa shape index (κ1) is 17.7. The van der Waals surface area contributed by atoms with E-state index in [4.69, 9.17) is 0 Å². The van der Waals surface area contributed by atoms with E-state index in [-0.39, 0.29) is 17.9 Å². The van der Waals surface area contributed by atoms with Gasteiger partial charge in [0.25, 0.3) is 11.8 Å². The van der Waals surface area contributed by atoms with Crippen LogP contribution in [-0.4, -0.2) is 49.4 Å². The molecule has 0 aliphatic heterocycles. The van der Waals surface area contributed by atoms with Gasteiger partial charge in [0.05, 0.1) is 7.05 Å². The number of carbonyl (C=O) groups is 2. The van der Waals surface area contributed by atoms with Gasteiger partial charge in [0.15, 0.2) is 13.1 Å². The SMILES string of the molecule is CCN(C(=O)C[NH+](C)CC(=O)NC(C)C)C1=CCCCC1. The van der Waals surface area contributed by atoms with Crippen LogP contribution in [0.25, 0.3) is 0 Å². The Hall–Kier alpha value is -1.36. The molecule has 0 saturated heterocycles. The van der Waals surface area contributed by atoms with Crippen LogP contribution in [0.2, 0.25) is 0 Å². The molecule has 0 bridgehead atoms. The molecule has 1 aliphatic carbocycles. The number of amides is 2. The number of carbonyl (C=O) groups excluding carboxylic acids is 2. The Morgan fingerprint density at radius 3 is 2.57 bits per heavy atom. The monoisotopic (exact) mass is 296 g/mol. The average Bonchev–Trinajstić information content (AvgIpc) is 2.39. The number of hydrogen-bond donors (Lipinski definition) is 2. The molecule has 1 atom stereocenters. The predicted molar refractivity (Wildman–Crippen MR) is 83.8 cm³/mol. The van der Waals surface area contributed by atoms with Gasteiger partial charge < -0.3 is 15.1 Å². The van der Waals surface area contributed by atoms with Crippen LogP contribution < -0.4 is 10.2 Å². The lowest BCUT2D eigenvalue weighted by molar-refractivity contribution is -0.862. The van der Waals surface area contributed by atoms with Crippen LogP contribution in [-0.2, 0) is 9.59 Å². The third-order valence-corrected chi connectivity index (χ3v) is 3.60. The third kappa shape index (κ3) is 6.29. The molecule has 0 heterocycles. The van der Waals surface area contributed by atoms with Gasteiger partial charge in [-0.3, -0.25) is 9.59 Å². The highest BCUT2D eigenvalue weighted by Gasteiger charge is 2.22. The molecule has 5 nitrogen and oxygen atoms in total. The second-order valence-corrected chi connectivity index (χ2v) is 6.11. The van der Waals surface area contributed by atoms with E-state index in [0.717, 1.165) is 29.9 Å². The summed E-state index contributed by atoms with van der Waals surface area (Å²) in [6.45, 7) is 7.28. The fraction of sp³-hybridized carbons (Fsp3) is 0.750. The topological polar surface area (TPSA) is 53.9 Å². The average molecular weight is 296 g/mol. The minimum Gasteiger partial charge on any atom is -0.349 e. The van der Waals surface area contributed by atoms with E-state index in [9.17, 15) is 9.59 Å². The first-order valence-electron chi connectivity index (χ1n) is 8.04. The summed E-state index contributed by atoms with van der Waals surface area (Å²) in [5.74, 6) is 0.107. The smallest absolute Gasteiger partial charge is 0.281 e. The van der Waals surface area contributed by atoms with Crippen molar-refractivity contribution in [1.29, 1.82) is 0 Å². The Bertz CT molecular complexity index is 391. The molecule has 0 radical (unpaired) electrons. The number of hydrogen-bond acceptors (Lipinski definition) is 2. The molecule has 120 valence electrons. The lowest BCUT2D eigenvalue weighted by Crippen LogP contribution is -3.11. The number of rotatable bonds is 7. The first-order chi connectivity index (χ1) is 9.93. The Morgan fingerprint density at radius 2 is 2.05 bits per heavy atom. The van der Waals surface area contributed by atoms with Gasteiger partial charge in [-0.25, -0.2) is 0 Å². The zero-order chi connectivity index (χ0) is 15.8. The predicted octanol–water partition coefficient (Wildman–Crippen LogP) is 0.332. The van der Waals surface area contributed by atoms with Gasteiger partial charge in [-0.05, 0) is 46.5 Å². The zero-order valence-electron chi connectivity index (χ0n) is 13.9. The van der Waals surface area contributed by atoms with Crippen molar-refractivity contribution in [2.24, 2.45) is 0 Å². The minimum atomic E-state index is -0.00442. The fourth-order valence-electron chi connectivity index (χ4n) is 2.67. The molecule has 0 spiro atoms. The lowest BCUT2D eigenvalue weighted by Gasteiger charge is -2.27. The van der Waals surface area contributed by atoms with Crippen molar-refractivity contribution < 1.29 is 14.5 Å². The first-order valence-corrected chi connectivity index (χ1v) is 8.04. The summed E-state index contributed by atoms with van der Waals surface area (Å²) in [6, 6.07) is 0.139. The molecular weight excluding hydrogens is 266 g/mol. The van der Waals surface area contributed by atoms with E-state index in [2.05, 4.69) is 11.4 Å². The number of allylic oxidation sites excluding steroid dienone is 2. The second-order valence-electron chi connectivity index (χ2n) is 6.11. The fourth-order valence-corrected chi connectivity index (χ4v) is 2.67. The Morgan fingerprint density at radius 1 is 1.33 bits per heavy atom. The molecule has 2 N–H and O–H groups in total. The van der Waals surface area contributed by atoms with Crippen LogP contribution in [0.1, 0.15) is 46.5 Å². The van der Waals surface area contributed by atoms with Crippen LogP contribution in [0.5, 0.6) is 0 Å². The van der Waals surface area contributed by atoms with Crippen molar-refractivity contribution in [1.82, 2.24) is 10.2 Å². The maximum absolute atomic E-state index is 12.4. The van der Waals surface area contributed by atoms with Gasteiger partial charge in [0.1, 0.15) is 0 Å². The number of likely N-dealkylation sites (N-methyl/N-ethyl adjacent to an activating group) is 2. The zero-order valence-corrected chi connectivity index (χ0v) is 13.9. The summed E-state index contributed by atoms with van der Waals surface area (Å²) in [6.07, 6.45) is 6.63. The molecule has 0 aromatic rings. The molecule has 1 unspecified atom stereocenters. The van der Waals surface area contributed by atoms with Crippen molar-refractivity contribution in [3.8, 4) is 0 Å². The van der Waals surface area contributed by atoms with Crippen molar-refractivity contribution in [2.45, 2.75) is 52.5 Å². The molecule has 5 heteroatoms. The van der Waals surface area contributed by atoms with Crippen molar-refractivity contribution in [3.05, 3.63) is 11.8 Å². The van der Waals surface area contributed by atoms with Crippen LogP contribution in [0, 0.1) is 0 Å². The van der Waals surface area contributed by atoms with Crippen molar-refractivity contribution >= 4 is 11.8 Å². The molecule has 1 rings (SSSR count). The summed E-state index contributed by atoms with van der Waals surface area (Å²) in [5.41, 5.74) is 1.16. The highest BCUT2D eigenvalue weighted by atomic mass is 16.2. The summed E-state index contributed by atoms with van der Waals surface area (Å²) in [4.78, 5) is 26.9. The molecule has 0 aromatic carbocycles. The van der Waals surface area contributed by atoms with E-state index < -0.39 is 0 Å². The minimum absolute atomic E-state index is 0.00442. The summed E-state index contributed by atoms with van der Waals surface area (Å²) in [7, 11) is 1.89. The maximum Gasteiger partial charge on any atom is 0.281 e. The Labute approximate surface area is 128 Å². The number of nitrogens with one attached hydrogen (secondary N) is 2. The van der Waals surface area contributed by atoms with Crippen LogP contribution >= 0.6 is 0 Å². The van der Waals surface area contributed by atoms with E-state index in [1.807, 2.05) is 32.7 Å². The van der Waals surface area contributed by atoms with Crippen LogP contribution in [0.3, 0.4) is 0 Å². The lowest BCUT2D eigenvalue weighted by atomic mass is 10.0. The molecule has 2 amide bonds. The largest absolute Gasteiger partial charge is 0.349 e.